The molecule has 2 aromatic heterocycles. The highest BCUT2D eigenvalue weighted by molar-refractivity contribution is 7.89. The van der Waals surface area contributed by atoms with Crippen LogP contribution >= 0.6 is 0 Å². The maximum Gasteiger partial charge on any atom is 0.276 e. The predicted octanol–water partition coefficient (Wildman–Crippen LogP) is 5.37. The number of sulfonamides is 1. The van der Waals surface area contributed by atoms with Crippen LogP contribution < -0.4 is 5.32 Å². The minimum absolute atomic E-state index is 0.192. The molecule has 198 valence electrons. The number of aryl methyl sites for hydroxylation is 5. The van der Waals surface area contributed by atoms with E-state index in [2.05, 4.69) is 10.4 Å². The van der Waals surface area contributed by atoms with Crippen molar-refractivity contribution in [2.24, 2.45) is 0 Å². The molecule has 0 bridgehead atoms. The molecule has 5 rings (SSSR count). The molecular formula is C29H33N5O3S. The Morgan fingerprint density at radius 3 is 2.34 bits per heavy atom. The lowest BCUT2D eigenvalue weighted by Crippen LogP contribution is -2.35. The van der Waals surface area contributed by atoms with Crippen molar-refractivity contribution in [3.8, 4) is 11.1 Å². The van der Waals surface area contributed by atoms with E-state index in [0.717, 1.165) is 41.8 Å². The molecule has 4 aromatic rings. The van der Waals surface area contributed by atoms with Crippen LogP contribution in [-0.2, 0) is 10.0 Å². The minimum atomic E-state index is -3.68. The summed E-state index contributed by atoms with van der Waals surface area (Å²) in [5.41, 5.74) is 6.74. The van der Waals surface area contributed by atoms with E-state index in [9.17, 15) is 13.2 Å². The van der Waals surface area contributed by atoms with Gasteiger partial charge >= 0.3 is 0 Å². The molecule has 2 aromatic carbocycles. The van der Waals surface area contributed by atoms with Crippen LogP contribution in [0.2, 0.25) is 0 Å². The number of aromatic nitrogens is 3. The Labute approximate surface area is 223 Å². The summed E-state index contributed by atoms with van der Waals surface area (Å²) >= 11 is 0. The van der Waals surface area contributed by atoms with Gasteiger partial charge in [0.15, 0.2) is 11.3 Å². The number of hydrogen-bond donors (Lipinski definition) is 1. The minimum Gasteiger partial charge on any atom is -0.320 e. The summed E-state index contributed by atoms with van der Waals surface area (Å²) in [5, 5.41) is 7.68. The Hall–Kier alpha value is -3.56. The van der Waals surface area contributed by atoms with Crippen molar-refractivity contribution >= 4 is 27.3 Å². The van der Waals surface area contributed by atoms with Crippen LogP contribution in [0.25, 0.3) is 16.8 Å². The van der Waals surface area contributed by atoms with E-state index >= 15 is 0 Å². The van der Waals surface area contributed by atoms with Crippen LogP contribution in [0.1, 0.15) is 57.8 Å². The molecule has 0 atom stereocenters. The Morgan fingerprint density at radius 2 is 1.61 bits per heavy atom. The highest BCUT2D eigenvalue weighted by Gasteiger charge is 2.29. The zero-order valence-electron chi connectivity index (χ0n) is 22.5. The number of carbonyl (C=O) groups excluding carboxylic acids is 1. The van der Waals surface area contributed by atoms with Gasteiger partial charge in [-0.25, -0.2) is 17.9 Å². The molecule has 8 nitrogen and oxygen atoms in total. The van der Waals surface area contributed by atoms with E-state index < -0.39 is 10.0 Å². The van der Waals surface area contributed by atoms with E-state index in [4.69, 9.17) is 4.98 Å². The molecule has 38 heavy (non-hydrogen) atoms. The second-order valence-corrected chi connectivity index (χ2v) is 12.1. The van der Waals surface area contributed by atoms with E-state index in [1.807, 2.05) is 58.0 Å². The van der Waals surface area contributed by atoms with Crippen molar-refractivity contribution in [2.75, 3.05) is 18.4 Å². The zero-order chi connectivity index (χ0) is 27.2. The zero-order valence-corrected chi connectivity index (χ0v) is 23.3. The Bertz CT molecular complexity index is 1670. The van der Waals surface area contributed by atoms with Crippen molar-refractivity contribution in [2.45, 2.75) is 58.8 Å². The van der Waals surface area contributed by atoms with Crippen molar-refractivity contribution in [1.29, 1.82) is 0 Å². The number of benzene rings is 2. The quantitative estimate of drug-likeness (QED) is 0.374. The summed E-state index contributed by atoms with van der Waals surface area (Å²) in [5.74, 6) is -0.378. The fraction of sp³-hybridized carbons (Fsp3) is 0.345. The third kappa shape index (κ3) is 4.72. The molecule has 3 heterocycles. The predicted molar refractivity (Wildman–Crippen MR) is 149 cm³/mol. The number of carbonyl (C=O) groups is 1. The maximum atomic E-state index is 13.7. The number of anilines is 1. The molecule has 1 saturated heterocycles. The molecule has 1 fully saturated rings. The Morgan fingerprint density at radius 1 is 0.895 bits per heavy atom. The third-order valence-electron chi connectivity index (χ3n) is 7.16. The van der Waals surface area contributed by atoms with Gasteiger partial charge < -0.3 is 5.32 Å². The lowest BCUT2D eigenvalue weighted by Gasteiger charge is -2.26. The molecule has 0 spiro atoms. The maximum absolute atomic E-state index is 13.7. The second-order valence-electron chi connectivity index (χ2n) is 10.2. The van der Waals surface area contributed by atoms with Crippen LogP contribution in [0, 0.1) is 34.6 Å². The van der Waals surface area contributed by atoms with Gasteiger partial charge in [-0.1, -0.05) is 30.7 Å². The lowest BCUT2D eigenvalue weighted by atomic mass is 10.0. The van der Waals surface area contributed by atoms with Gasteiger partial charge in [-0.2, -0.15) is 9.40 Å². The molecular weight excluding hydrogens is 498 g/mol. The van der Waals surface area contributed by atoms with Crippen LogP contribution in [0.3, 0.4) is 0 Å². The summed E-state index contributed by atoms with van der Waals surface area (Å²) in [6.07, 6.45) is 2.76. The number of fused-ring (bicyclic) bond motifs is 1. The van der Waals surface area contributed by atoms with Crippen LogP contribution in [-0.4, -0.2) is 46.3 Å². The Balaban J connectivity index is 1.68. The molecule has 9 heteroatoms. The lowest BCUT2D eigenvalue weighted by molar-refractivity contribution is 0.102. The standard InChI is InChI=1S/C29H33N5O3S/c1-18-9-10-19(2)24(15-18)31-29(35)27-26(28-30-21(4)16-22(5)34(28)32-27)23-12-11-20(3)25(17-23)38(36,37)33-13-7-6-8-14-33/h9-12,15-17H,6-8,13-14H2,1-5H3,(H,31,35). The van der Waals surface area contributed by atoms with Crippen molar-refractivity contribution < 1.29 is 13.2 Å². The molecule has 1 amide bonds. The van der Waals surface area contributed by atoms with Crippen LogP contribution in [0.15, 0.2) is 47.4 Å². The van der Waals surface area contributed by atoms with Gasteiger partial charge in [0.2, 0.25) is 10.0 Å². The molecule has 0 aliphatic carbocycles. The number of amides is 1. The smallest absolute Gasteiger partial charge is 0.276 e. The van der Waals surface area contributed by atoms with Crippen LogP contribution in [0.5, 0.6) is 0 Å². The van der Waals surface area contributed by atoms with Gasteiger partial charge in [0.1, 0.15) is 0 Å². The first-order valence-corrected chi connectivity index (χ1v) is 14.4. The topological polar surface area (TPSA) is 96.7 Å². The van der Waals surface area contributed by atoms with Crippen LogP contribution in [0.4, 0.5) is 5.69 Å². The highest BCUT2D eigenvalue weighted by Crippen LogP contribution is 2.33. The van der Waals surface area contributed by atoms with Gasteiger partial charge in [0.25, 0.3) is 5.91 Å². The van der Waals surface area contributed by atoms with Gasteiger partial charge in [-0.15, -0.1) is 0 Å². The van der Waals surface area contributed by atoms with E-state index in [1.165, 1.54) is 0 Å². The first-order chi connectivity index (χ1) is 18.1. The SMILES string of the molecule is Cc1ccc(C)c(NC(=O)c2nn3c(C)cc(C)nc3c2-c2ccc(C)c(S(=O)(=O)N3CCCCC3)c2)c1. The fourth-order valence-electron chi connectivity index (χ4n) is 5.08. The number of nitrogens with one attached hydrogen (secondary N) is 1. The van der Waals surface area contributed by atoms with Crippen molar-refractivity contribution in [3.05, 3.63) is 76.2 Å². The molecule has 0 saturated carbocycles. The number of nitrogens with zero attached hydrogens (tertiary/aromatic N) is 4. The first kappa shape index (κ1) is 26.1. The summed E-state index contributed by atoms with van der Waals surface area (Å²) in [6, 6.07) is 13.1. The van der Waals surface area contributed by atoms with E-state index in [-0.39, 0.29) is 16.5 Å². The molecule has 1 N–H and O–H groups in total. The summed E-state index contributed by atoms with van der Waals surface area (Å²) < 4.78 is 30.5. The molecule has 0 radical (unpaired) electrons. The molecule has 1 aliphatic rings. The van der Waals surface area contributed by atoms with E-state index in [1.54, 1.807) is 27.9 Å². The van der Waals surface area contributed by atoms with Crippen molar-refractivity contribution in [3.63, 3.8) is 0 Å². The Kier molecular flexibility index (Phi) is 6.83. The number of hydrogen-bond acceptors (Lipinski definition) is 5. The largest absolute Gasteiger partial charge is 0.320 e. The first-order valence-electron chi connectivity index (χ1n) is 12.9. The molecule has 0 unspecified atom stereocenters. The summed E-state index contributed by atoms with van der Waals surface area (Å²) in [7, 11) is -3.68. The van der Waals surface area contributed by atoms with Gasteiger partial charge in [0.05, 0.1) is 10.5 Å². The monoisotopic (exact) mass is 531 g/mol. The third-order valence-corrected chi connectivity index (χ3v) is 9.20. The average molecular weight is 532 g/mol. The average Bonchev–Trinajstić information content (AvgIpc) is 3.27. The second kappa shape index (κ2) is 9.96. The highest BCUT2D eigenvalue weighted by atomic mass is 32.2. The normalized spacial score (nSPS) is 14.7. The van der Waals surface area contributed by atoms with Gasteiger partial charge in [-0.05, 0) is 87.9 Å². The van der Waals surface area contributed by atoms with Crippen molar-refractivity contribution in [1.82, 2.24) is 18.9 Å². The summed E-state index contributed by atoms with van der Waals surface area (Å²) in [6.45, 7) is 10.5. The number of piperidine rings is 1. The molecule has 1 aliphatic heterocycles. The fourth-order valence-corrected chi connectivity index (χ4v) is 6.84. The summed E-state index contributed by atoms with van der Waals surface area (Å²) in [4.78, 5) is 18.7. The van der Waals surface area contributed by atoms with Gasteiger partial charge in [-0.3, -0.25) is 4.79 Å². The van der Waals surface area contributed by atoms with E-state index in [0.29, 0.717) is 41.1 Å². The number of rotatable bonds is 5. The van der Waals surface area contributed by atoms with Gasteiger partial charge in [0, 0.05) is 30.2 Å².